The molecular formula is C17H14ClF2N3O5. The van der Waals surface area contributed by atoms with Gasteiger partial charge in [0.1, 0.15) is 18.0 Å². The fraction of sp³-hybridized carbons (Fsp3) is 0.176. The molecule has 0 atom stereocenters. The van der Waals surface area contributed by atoms with Gasteiger partial charge in [-0.15, -0.1) is 0 Å². The van der Waals surface area contributed by atoms with Gasteiger partial charge in [-0.25, -0.2) is 0 Å². The Hall–Kier alpha value is -3.27. The number of anilines is 1. The zero-order valence-corrected chi connectivity index (χ0v) is 14.9. The van der Waals surface area contributed by atoms with Gasteiger partial charge in [0.25, 0.3) is 11.8 Å². The number of amides is 2. The summed E-state index contributed by atoms with van der Waals surface area (Å²) in [4.78, 5) is 38.9. The molecule has 1 heterocycles. The van der Waals surface area contributed by atoms with Gasteiger partial charge in [0.05, 0.1) is 0 Å². The van der Waals surface area contributed by atoms with Gasteiger partial charge < -0.3 is 20.1 Å². The lowest BCUT2D eigenvalue weighted by molar-refractivity contribution is -0.146. The van der Waals surface area contributed by atoms with Gasteiger partial charge in [-0.05, 0) is 36.4 Å². The number of aromatic nitrogens is 1. The maximum Gasteiger partial charge on any atom is 0.387 e. The van der Waals surface area contributed by atoms with Crippen LogP contribution in [0.25, 0.3) is 0 Å². The molecule has 28 heavy (non-hydrogen) atoms. The Morgan fingerprint density at radius 3 is 2.50 bits per heavy atom. The van der Waals surface area contributed by atoms with E-state index >= 15 is 0 Å². The third-order valence-corrected chi connectivity index (χ3v) is 3.31. The minimum atomic E-state index is -2.95. The van der Waals surface area contributed by atoms with E-state index in [9.17, 15) is 23.2 Å². The molecule has 0 spiro atoms. The van der Waals surface area contributed by atoms with E-state index in [0.717, 1.165) is 0 Å². The van der Waals surface area contributed by atoms with Gasteiger partial charge in [-0.2, -0.15) is 8.78 Å². The van der Waals surface area contributed by atoms with Crippen molar-refractivity contribution in [2.75, 3.05) is 18.5 Å². The summed E-state index contributed by atoms with van der Waals surface area (Å²) in [6.07, 6.45) is 1.34. The normalized spacial score (nSPS) is 10.3. The smallest absolute Gasteiger partial charge is 0.387 e. The molecule has 0 aliphatic rings. The molecule has 8 nitrogen and oxygen atoms in total. The van der Waals surface area contributed by atoms with Crippen LogP contribution in [0.15, 0.2) is 42.6 Å². The first-order valence-electron chi connectivity index (χ1n) is 7.73. The van der Waals surface area contributed by atoms with Gasteiger partial charge in [0.15, 0.2) is 6.61 Å². The number of hydrogen-bond donors (Lipinski definition) is 2. The molecule has 0 fully saturated rings. The summed E-state index contributed by atoms with van der Waals surface area (Å²) in [5, 5.41) is 5.00. The molecule has 2 amide bonds. The minimum Gasteiger partial charge on any atom is -0.454 e. The molecule has 2 N–H and O–H groups in total. The molecule has 0 unspecified atom stereocenters. The molecule has 0 saturated carbocycles. The van der Waals surface area contributed by atoms with Gasteiger partial charge in [0, 0.05) is 16.9 Å². The van der Waals surface area contributed by atoms with Crippen molar-refractivity contribution >= 4 is 35.1 Å². The van der Waals surface area contributed by atoms with Crippen LogP contribution in [0, 0.1) is 0 Å². The van der Waals surface area contributed by atoms with E-state index in [2.05, 4.69) is 20.4 Å². The van der Waals surface area contributed by atoms with Gasteiger partial charge >= 0.3 is 12.6 Å². The number of pyridine rings is 1. The Kier molecular flexibility index (Phi) is 7.64. The summed E-state index contributed by atoms with van der Waals surface area (Å²) in [6, 6.07) is 7.99. The molecule has 2 aromatic rings. The molecule has 1 aromatic carbocycles. The Morgan fingerprint density at radius 2 is 1.86 bits per heavy atom. The van der Waals surface area contributed by atoms with E-state index in [-0.39, 0.29) is 11.4 Å². The van der Waals surface area contributed by atoms with Crippen LogP contribution < -0.4 is 15.4 Å². The summed E-state index contributed by atoms with van der Waals surface area (Å²) in [7, 11) is 0. The third-order valence-electron chi connectivity index (χ3n) is 3.08. The summed E-state index contributed by atoms with van der Waals surface area (Å²) in [5.41, 5.74) is 0.320. The summed E-state index contributed by atoms with van der Waals surface area (Å²) < 4.78 is 33.0. The number of hydrogen-bond acceptors (Lipinski definition) is 6. The highest BCUT2D eigenvalue weighted by Gasteiger charge is 2.12. The third kappa shape index (κ3) is 7.16. The number of carbonyl (C=O) groups is 3. The molecule has 0 saturated heterocycles. The predicted octanol–water partition coefficient (Wildman–Crippen LogP) is 2.25. The van der Waals surface area contributed by atoms with Crippen molar-refractivity contribution in [3.8, 4) is 5.75 Å². The predicted molar refractivity (Wildman–Crippen MR) is 94.2 cm³/mol. The maximum absolute atomic E-state index is 12.1. The van der Waals surface area contributed by atoms with Crippen molar-refractivity contribution in [1.82, 2.24) is 10.3 Å². The van der Waals surface area contributed by atoms with Crippen LogP contribution in [-0.2, 0) is 14.3 Å². The number of carbonyl (C=O) groups excluding carboxylic acids is 3. The van der Waals surface area contributed by atoms with Crippen molar-refractivity contribution in [3.05, 3.63) is 53.3 Å². The largest absolute Gasteiger partial charge is 0.454 e. The number of nitrogens with zero attached hydrogens (tertiary/aromatic N) is 1. The Bertz CT molecular complexity index is 849. The first-order chi connectivity index (χ1) is 13.3. The average molecular weight is 414 g/mol. The lowest BCUT2D eigenvalue weighted by atomic mass is 10.3. The highest BCUT2D eigenvalue weighted by atomic mass is 35.5. The number of rotatable bonds is 8. The van der Waals surface area contributed by atoms with E-state index in [1.165, 1.54) is 42.6 Å². The summed E-state index contributed by atoms with van der Waals surface area (Å²) in [5.74, 6) is -2.19. The number of esters is 1. The maximum atomic E-state index is 12.1. The summed E-state index contributed by atoms with van der Waals surface area (Å²) in [6.45, 7) is -4.02. The molecule has 148 valence electrons. The van der Waals surface area contributed by atoms with Crippen LogP contribution in [0.2, 0.25) is 5.02 Å². The molecule has 11 heteroatoms. The van der Waals surface area contributed by atoms with Crippen LogP contribution in [0.4, 0.5) is 14.5 Å². The second kappa shape index (κ2) is 10.2. The van der Waals surface area contributed by atoms with E-state index < -0.39 is 37.5 Å². The Labute approximate surface area is 162 Å². The number of alkyl halides is 2. The Balaban J connectivity index is 1.71. The molecule has 0 aliphatic carbocycles. The van der Waals surface area contributed by atoms with E-state index in [0.29, 0.717) is 10.7 Å². The van der Waals surface area contributed by atoms with Gasteiger partial charge in [-0.3, -0.25) is 19.4 Å². The fourth-order valence-corrected chi connectivity index (χ4v) is 2.05. The van der Waals surface area contributed by atoms with Crippen molar-refractivity contribution < 1.29 is 32.6 Å². The zero-order valence-electron chi connectivity index (χ0n) is 14.2. The van der Waals surface area contributed by atoms with Crippen LogP contribution in [0.5, 0.6) is 5.75 Å². The van der Waals surface area contributed by atoms with Crippen molar-refractivity contribution in [2.24, 2.45) is 0 Å². The van der Waals surface area contributed by atoms with Crippen molar-refractivity contribution in [1.29, 1.82) is 0 Å². The molecule has 0 bridgehead atoms. The monoisotopic (exact) mass is 413 g/mol. The topological polar surface area (TPSA) is 107 Å². The number of nitrogens with one attached hydrogen (secondary N) is 2. The second-order valence-electron chi connectivity index (χ2n) is 5.15. The first kappa shape index (κ1) is 21.0. The number of halogens is 3. The lowest BCUT2D eigenvalue weighted by Crippen LogP contribution is -2.32. The van der Waals surface area contributed by atoms with Crippen LogP contribution in [0.3, 0.4) is 0 Å². The van der Waals surface area contributed by atoms with E-state index in [4.69, 9.17) is 16.3 Å². The average Bonchev–Trinajstić information content (AvgIpc) is 2.65. The quantitative estimate of drug-likeness (QED) is 0.643. The molecule has 0 radical (unpaired) electrons. The fourth-order valence-electron chi connectivity index (χ4n) is 1.89. The van der Waals surface area contributed by atoms with Crippen LogP contribution in [0.1, 0.15) is 10.5 Å². The zero-order chi connectivity index (χ0) is 20.5. The highest BCUT2D eigenvalue weighted by molar-refractivity contribution is 6.30. The summed E-state index contributed by atoms with van der Waals surface area (Å²) >= 11 is 5.74. The molecule has 0 aliphatic heterocycles. The van der Waals surface area contributed by atoms with Crippen LogP contribution >= 0.6 is 11.6 Å². The van der Waals surface area contributed by atoms with Crippen LogP contribution in [-0.4, -0.2) is 42.5 Å². The molecule has 2 rings (SSSR count). The number of benzene rings is 1. The van der Waals surface area contributed by atoms with E-state index in [1.54, 1.807) is 0 Å². The van der Waals surface area contributed by atoms with E-state index in [1.807, 2.05) is 0 Å². The minimum absolute atomic E-state index is 0.0253. The highest BCUT2D eigenvalue weighted by Crippen LogP contribution is 2.17. The molecule has 1 aromatic heterocycles. The van der Waals surface area contributed by atoms with Gasteiger partial charge in [-0.1, -0.05) is 11.6 Å². The lowest BCUT2D eigenvalue weighted by Gasteiger charge is -2.08. The molecular weight excluding hydrogens is 400 g/mol. The Morgan fingerprint density at radius 1 is 1.14 bits per heavy atom. The standard InChI is InChI=1S/C17H14ClF2N3O5/c18-10-5-6-21-13(7-10)16(26)22-8-15(25)27-9-14(24)23-11-1-3-12(4-2-11)28-17(19)20/h1-7,17H,8-9H2,(H,22,26)(H,23,24). The first-order valence-corrected chi connectivity index (χ1v) is 8.11. The van der Waals surface area contributed by atoms with Crippen molar-refractivity contribution in [2.45, 2.75) is 6.61 Å². The SMILES string of the molecule is O=C(COC(=O)CNC(=O)c1cc(Cl)ccn1)Nc1ccc(OC(F)F)cc1. The second-order valence-corrected chi connectivity index (χ2v) is 5.59. The van der Waals surface area contributed by atoms with Crippen molar-refractivity contribution in [3.63, 3.8) is 0 Å². The number of ether oxygens (including phenoxy) is 2. The van der Waals surface area contributed by atoms with Gasteiger partial charge in [0.2, 0.25) is 0 Å².